The molecule has 0 saturated carbocycles. The van der Waals surface area contributed by atoms with Gasteiger partial charge in [0.15, 0.2) is 0 Å². The third kappa shape index (κ3) is 4.71. The molecule has 1 amide bonds. The Balaban J connectivity index is 1.75. The van der Waals surface area contributed by atoms with Crippen LogP contribution >= 0.6 is 11.6 Å². The molecule has 2 nitrogen and oxygen atoms in total. The van der Waals surface area contributed by atoms with E-state index in [1.54, 1.807) is 12.1 Å². The van der Waals surface area contributed by atoms with Gasteiger partial charge in [-0.2, -0.15) is 0 Å². The van der Waals surface area contributed by atoms with Crippen LogP contribution in [0.25, 0.3) is 0 Å². The van der Waals surface area contributed by atoms with Crippen molar-refractivity contribution in [1.82, 2.24) is 5.32 Å². The van der Waals surface area contributed by atoms with E-state index in [2.05, 4.69) is 36.5 Å². The van der Waals surface area contributed by atoms with E-state index in [4.69, 9.17) is 11.6 Å². The summed E-state index contributed by atoms with van der Waals surface area (Å²) >= 11 is 5.81. The van der Waals surface area contributed by atoms with Gasteiger partial charge in [0.1, 0.15) is 0 Å². The van der Waals surface area contributed by atoms with Crippen LogP contribution in [0.2, 0.25) is 5.02 Å². The third-order valence-corrected chi connectivity index (χ3v) is 3.39. The van der Waals surface area contributed by atoms with E-state index in [0.29, 0.717) is 18.0 Å². The van der Waals surface area contributed by atoms with Crippen LogP contribution in [-0.2, 0) is 17.6 Å². The molecule has 3 heteroatoms. The van der Waals surface area contributed by atoms with E-state index in [9.17, 15) is 4.79 Å². The highest BCUT2D eigenvalue weighted by Crippen LogP contribution is 2.09. The zero-order valence-corrected chi connectivity index (χ0v) is 12.3. The van der Waals surface area contributed by atoms with Gasteiger partial charge in [-0.1, -0.05) is 53.6 Å². The van der Waals surface area contributed by atoms with E-state index >= 15 is 0 Å². The van der Waals surface area contributed by atoms with Crippen LogP contribution in [-0.4, -0.2) is 12.5 Å². The van der Waals surface area contributed by atoms with E-state index in [1.807, 2.05) is 12.1 Å². The molecule has 104 valence electrons. The first kappa shape index (κ1) is 14.6. The Morgan fingerprint density at radius 2 is 1.60 bits per heavy atom. The molecule has 1 N–H and O–H groups in total. The summed E-state index contributed by atoms with van der Waals surface area (Å²) in [7, 11) is 0. The third-order valence-electron chi connectivity index (χ3n) is 3.13. The Hall–Kier alpha value is -1.80. The number of hydrogen-bond donors (Lipinski definition) is 1. The minimum Gasteiger partial charge on any atom is -0.355 e. The van der Waals surface area contributed by atoms with Crippen LogP contribution in [0, 0.1) is 6.92 Å². The topological polar surface area (TPSA) is 29.1 Å². The molecule has 2 rings (SSSR count). The summed E-state index contributed by atoms with van der Waals surface area (Å²) in [5, 5.41) is 3.63. The summed E-state index contributed by atoms with van der Waals surface area (Å²) in [6, 6.07) is 15.7. The monoisotopic (exact) mass is 287 g/mol. The highest BCUT2D eigenvalue weighted by atomic mass is 35.5. The molecule has 0 bridgehead atoms. The molecule has 0 saturated heterocycles. The molecule has 0 aliphatic rings. The van der Waals surface area contributed by atoms with Crippen LogP contribution in [0.5, 0.6) is 0 Å². The van der Waals surface area contributed by atoms with Gasteiger partial charge >= 0.3 is 0 Å². The molecule has 2 aromatic carbocycles. The Morgan fingerprint density at radius 3 is 2.25 bits per heavy atom. The zero-order chi connectivity index (χ0) is 14.4. The van der Waals surface area contributed by atoms with Crippen molar-refractivity contribution < 1.29 is 4.79 Å². The maximum Gasteiger partial charge on any atom is 0.224 e. The quantitative estimate of drug-likeness (QED) is 0.895. The van der Waals surface area contributed by atoms with Crippen LogP contribution in [0.4, 0.5) is 0 Å². The molecule has 20 heavy (non-hydrogen) atoms. The van der Waals surface area contributed by atoms with E-state index in [-0.39, 0.29) is 5.91 Å². The minimum atomic E-state index is 0.0411. The van der Waals surface area contributed by atoms with Gasteiger partial charge in [0.25, 0.3) is 0 Å². The molecule has 0 radical (unpaired) electrons. The number of halogens is 1. The van der Waals surface area contributed by atoms with Crippen molar-refractivity contribution in [3.8, 4) is 0 Å². The number of aryl methyl sites for hydroxylation is 1. The van der Waals surface area contributed by atoms with E-state index in [1.165, 1.54) is 11.1 Å². The van der Waals surface area contributed by atoms with Gasteiger partial charge in [-0.15, -0.1) is 0 Å². The Labute approximate surface area is 124 Å². The number of carbonyl (C=O) groups excluding carboxylic acids is 1. The van der Waals surface area contributed by atoms with Crippen LogP contribution in [0.3, 0.4) is 0 Å². The summed E-state index contributed by atoms with van der Waals surface area (Å²) < 4.78 is 0. The lowest BCUT2D eigenvalue weighted by Gasteiger charge is -2.06. The molecular formula is C17H18ClNO. The van der Waals surface area contributed by atoms with Crippen molar-refractivity contribution in [1.29, 1.82) is 0 Å². The molecule has 0 aromatic heterocycles. The number of amides is 1. The average molecular weight is 288 g/mol. The zero-order valence-electron chi connectivity index (χ0n) is 11.5. The van der Waals surface area contributed by atoms with Crippen molar-refractivity contribution >= 4 is 17.5 Å². The number of rotatable bonds is 5. The SMILES string of the molecule is Cc1ccc(CCNC(=O)Cc2ccc(Cl)cc2)cc1. The molecule has 0 spiro atoms. The highest BCUT2D eigenvalue weighted by Gasteiger charge is 2.03. The fourth-order valence-corrected chi connectivity index (χ4v) is 2.08. The molecule has 0 aliphatic heterocycles. The summed E-state index contributed by atoms with van der Waals surface area (Å²) in [4.78, 5) is 11.8. The average Bonchev–Trinajstić information content (AvgIpc) is 2.44. The molecule has 0 heterocycles. The second-order valence-corrected chi connectivity index (χ2v) is 5.33. The molecule has 0 fully saturated rings. The van der Waals surface area contributed by atoms with Crippen molar-refractivity contribution in [2.75, 3.05) is 6.54 Å². The second kappa shape index (κ2) is 7.11. The Bertz CT molecular complexity index is 561. The summed E-state index contributed by atoms with van der Waals surface area (Å²) in [5.41, 5.74) is 3.46. The van der Waals surface area contributed by atoms with Crippen LogP contribution in [0.15, 0.2) is 48.5 Å². The normalized spacial score (nSPS) is 10.3. The minimum absolute atomic E-state index is 0.0411. The lowest BCUT2D eigenvalue weighted by atomic mass is 10.1. The maximum atomic E-state index is 11.8. The van der Waals surface area contributed by atoms with Crippen molar-refractivity contribution in [3.05, 3.63) is 70.2 Å². The fraction of sp³-hybridized carbons (Fsp3) is 0.235. The van der Waals surface area contributed by atoms with Gasteiger partial charge in [-0.05, 0) is 36.6 Å². The molecule has 2 aromatic rings. The molecular weight excluding hydrogens is 270 g/mol. The molecule has 0 aliphatic carbocycles. The number of benzene rings is 2. The highest BCUT2D eigenvalue weighted by molar-refractivity contribution is 6.30. The number of nitrogens with one attached hydrogen (secondary N) is 1. The lowest BCUT2D eigenvalue weighted by molar-refractivity contribution is -0.120. The van der Waals surface area contributed by atoms with Gasteiger partial charge in [-0.25, -0.2) is 0 Å². The second-order valence-electron chi connectivity index (χ2n) is 4.89. The van der Waals surface area contributed by atoms with E-state index < -0.39 is 0 Å². The summed E-state index contributed by atoms with van der Waals surface area (Å²) in [6.07, 6.45) is 1.25. The summed E-state index contributed by atoms with van der Waals surface area (Å²) in [6.45, 7) is 2.73. The van der Waals surface area contributed by atoms with Gasteiger partial charge in [0.05, 0.1) is 6.42 Å². The lowest BCUT2D eigenvalue weighted by Crippen LogP contribution is -2.27. The number of hydrogen-bond acceptors (Lipinski definition) is 1. The van der Waals surface area contributed by atoms with Gasteiger partial charge in [-0.3, -0.25) is 4.79 Å². The first-order valence-electron chi connectivity index (χ1n) is 6.70. The van der Waals surface area contributed by atoms with Crippen molar-refractivity contribution in [3.63, 3.8) is 0 Å². The predicted molar refractivity (Wildman–Crippen MR) is 83.0 cm³/mol. The first-order chi connectivity index (χ1) is 9.63. The van der Waals surface area contributed by atoms with Gasteiger partial charge < -0.3 is 5.32 Å². The Kier molecular flexibility index (Phi) is 5.19. The number of carbonyl (C=O) groups is 1. The summed E-state index contributed by atoms with van der Waals surface area (Å²) in [5.74, 6) is 0.0411. The van der Waals surface area contributed by atoms with Crippen molar-refractivity contribution in [2.45, 2.75) is 19.8 Å². The van der Waals surface area contributed by atoms with Crippen LogP contribution in [0.1, 0.15) is 16.7 Å². The largest absolute Gasteiger partial charge is 0.355 e. The predicted octanol–water partition coefficient (Wildman–Crippen LogP) is 3.55. The fourth-order valence-electron chi connectivity index (χ4n) is 1.95. The van der Waals surface area contributed by atoms with Crippen LogP contribution < -0.4 is 5.32 Å². The molecule has 0 unspecified atom stereocenters. The van der Waals surface area contributed by atoms with Crippen molar-refractivity contribution in [2.24, 2.45) is 0 Å². The van der Waals surface area contributed by atoms with Gasteiger partial charge in [0, 0.05) is 11.6 Å². The Morgan fingerprint density at radius 1 is 1.00 bits per heavy atom. The van der Waals surface area contributed by atoms with E-state index in [0.717, 1.165) is 12.0 Å². The standard InChI is InChI=1S/C17H18ClNO/c1-13-2-4-14(5-3-13)10-11-19-17(20)12-15-6-8-16(18)9-7-15/h2-9H,10-12H2,1H3,(H,19,20). The van der Waals surface area contributed by atoms with Gasteiger partial charge in [0.2, 0.25) is 5.91 Å². The first-order valence-corrected chi connectivity index (χ1v) is 7.08. The smallest absolute Gasteiger partial charge is 0.224 e. The molecule has 0 atom stereocenters. The maximum absolute atomic E-state index is 11.8.